The predicted molar refractivity (Wildman–Crippen MR) is 108 cm³/mol. The third-order valence-corrected chi connectivity index (χ3v) is 3.70. The van der Waals surface area contributed by atoms with Gasteiger partial charge < -0.3 is 9.68 Å². The van der Waals surface area contributed by atoms with Gasteiger partial charge in [0, 0.05) is 11.4 Å². The molecule has 0 spiro atoms. The van der Waals surface area contributed by atoms with Crippen LogP contribution in [0.4, 0.5) is 0 Å². The van der Waals surface area contributed by atoms with Crippen molar-refractivity contribution in [3.63, 3.8) is 0 Å². The molecule has 2 rings (SSSR count). The maximum absolute atomic E-state index is 5.42. The molecule has 0 atom stereocenters. The van der Waals surface area contributed by atoms with Crippen LogP contribution in [0.2, 0.25) is 0 Å². The Morgan fingerprint density at radius 3 is 2.37 bits per heavy atom. The minimum Gasteiger partial charge on any atom is -0.396 e. The van der Waals surface area contributed by atoms with Gasteiger partial charge in [0.2, 0.25) is 0 Å². The highest BCUT2D eigenvalue weighted by Gasteiger charge is 2.03. The first-order chi connectivity index (χ1) is 13.1. The molecule has 0 amide bonds. The Balaban J connectivity index is 1.81. The number of aryl methyl sites for hydroxylation is 2. The highest BCUT2D eigenvalue weighted by molar-refractivity contribution is 5.96. The van der Waals surface area contributed by atoms with E-state index in [1.165, 1.54) is 0 Å². The number of aromatic nitrogens is 2. The largest absolute Gasteiger partial charge is 0.396 e. The topological polar surface area (TPSA) is 69.0 Å². The van der Waals surface area contributed by atoms with Gasteiger partial charge in [0.15, 0.2) is 0 Å². The fraction of sp³-hybridized carbons (Fsp3) is 0.333. The van der Waals surface area contributed by atoms with Crippen molar-refractivity contribution in [3.05, 3.63) is 71.8 Å². The van der Waals surface area contributed by atoms with Crippen molar-refractivity contribution in [1.29, 1.82) is 0 Å². The van der Waals surface area contributed by atoms with Crippen molar-refractivity contribution in [2.75, 3.05) is 13.2 Å². The van der Waals surface area contributed by atoms with Crippen molar-refractivity contribution in [2.24, 2.45) is 10.3 Å². The molecule has 0 bridgehead atoms. The quantitative estimate of drug-likeness (QED) is 0.275. The Labute approximate surface area is 160 Å². The van der Waals surface area contributed by atoms with Crippen LogP contribution in [0.15, 0.2) is 59.4 Å². The van der Waals surface area contributed by atoms with Gasteiger partial charge in [0.1, 0.15) is 24.6 Å². The van der Waals surface area contributed by atoms with Gasteiger partial charge in [-0.05, 0) is 57.9 Å². The SMILES string of the molecule is C=CCON=C(C)c1cccc(CCCON=C(C)c2cccc(C)n2)n1. The second-order valence-corrected chi connectivity index (χ2v) is 6.05. The fourth-order valence-corrected chi connectivity index (χ4v) is 2.31. The van der Waals surface area contributed by atoms with E-state index in [0.717, 1.165) is 47.0 Å². The highest BCUT2D eigenvalue weighted by Crippen LogP contribution is 2.05. The van der Waals surface area contributed by atoms with Crippen LogP contribution in [-0.4, -0.2) is 34.6 Å². The van der Waals surface area contributed by atoms with E-state index in [-0.39, 0.29) is 0 Å². The van der Waals surface area contributed by atoms with Crippen molar-refractivity contribution in [2.45, 2.75) is 33.6 Å². The summed E-state index contributed by atoms with van der Waals surface area (Å²) in [5.41, 5.74) is 5.08. The summed E-state index contributed by atoms with van der Waals surface area (Å²) in [6.45, 7) is 10.2. The molecule has 6 heteroatoms. The third-order valence-electron chi connectivity index (χ3n) is 3.70. The van der Waals surface area contributed by atoms with Gasteiger partial charge >= 0.3 is 0 Å². The molecule has 0 saturated carbocycles. The molecule has 0 fully saturated rings. The third kappa shape index (κ3) is 7.01. The summed E-state index contributed by atoms with van der Waals surface area (Å²) in [6.07, 6.45) is 3.27. The van der Waals surface area contributed by atoms with Crippen molar-refractivity contribution >= 4 is 11.4 Å². The summed E-state index contributed by atoms with van der Waals surface area (Å²) < 4.78 is 0. The number of nitrogens with zero attached hydrogens (tertiary/aromatic N) is 4. The first-order valence-corrected chi connectivity index (χ1v) is 8.94. The van der Waals surface area contributed by atoms with E-state index in [1.54, 1.807) is 6.08 Å². The summed E-state index contributed by atoms with van der Waals surface area (Å²) >= 11 is 0. The Bertz CT molecular complexity index is 815. The lowest BCUT2D eigenvalue weighted by Crippen LogP contribution is -2.04. The molecule has 6 nitrogen and oxygen atoms in total. The Morgan fingerprint density at radius 2 is 1.67 bits per heavy atom. The van der Waals surface area contributed by atoms with Gasteiger partial charge in [-0.1, -0.05) is 35.1 Å². The number of oxime groups is 2. The normalized spacial score (nSPS) is 12.0. The fourth-order valence-electron chi connectivity index (χ4n) is 2.31. The van der Waals surface area contributed by atoms with E-state index < -0.39 is 0 Å². The van der Waals surface area contributed by atoms with Crippen LogP contribution < -0.4 is 0 Å². The van der Waals surface area contributed by atoms with Crippen molar-refractivity contribution in [1.82, 2.24) is 9.97 Å². The number of hydrogen-bond donors (Lipinski definition) is 0. The Kier molecular flexibility index (Phi) is 8.16. The van der Waals surface area contributed by atoms with E-state index >= 15 is 0 Å². The summed E-state index contributed by atoms with van der Waals surface area (Å²) in [4.78, 5) is 19.6. The van der Waals surface area contributed by atoms with Gasteiger partial charge in [0.25, 0.3) is 0 Å². The molecule has 27 heavy (non-hydrogen) atoms. The average Bonchev–Trinajstić information content (AvgIpc) is 2.68. The standard InChI is InChI=1S/C21H26N4O2/c1-5-14-26-24-18(4)21-13-7-10-19(23-21)11-8-15-27-25-17(3)20-12-6-9-16(2)22-20/h5-7,9-10,12-13H,1,8,11,14-15H2,2-4H3. The number of rotatable bonds is 10. The van der Waals surface area contributed by atoms with Gasteiger partial charge in [0.05, 0.1) is 11.4 Å². The number of hydrogen-bond acceptors (Lipinski definition) is 6. The zero-order valence-electron chi connectivity index (χ0n) is 16.2. The minimum atomic E-state index is 0.381. The molecule has 0 aromatic carbocycles. The van der Waals surface area contributed by atoms with Crippen LogP contribution in [0.5, 0.6) is 0 Å². The maximum atomic E-state index is 5.42. The van der Waals surface area contributed by atoms with Crippen LogP contribution in [0.1, 0.15) is 43.0 Å². The zero-order chi connectivity index (χ0) is 19.5. The smallest absolute Gasteiger partial charge is 0.135 e. The lowest BCUT2D eigenvalue weighted by molar-refractivity contribution is 0.141. The number of pyridine rings is 2. The second kappa shape index (κ2) is 10.9. The highest BCUT2D eigenvalue weighted by atomic mass is 16.6. The van der Waals surface area contributed by atoms with E-state index in [9.17, 15) is 0 Å². The van der Waals surface area contributed by atoms with E-state index in [2.05, 4.69) is 26.9 Å². The minimum absolute atomic E-state index is 0.381. The average molecular weight is 366 g/mol. The molecule has 0 unspecified atom stereocenters. The Morgan fingerprint density at radius 1 is 1.00 bits per heavy atom. The van der Waals surface area contributed by atoms with Crippen LogP contribution >= 0.6 is 0 Å². The van der Waals surface area contributed by atoms with E-state index in [0.29, 0.717) is 13.2 Å². The second-order valence-electron chi connectivity index (χ2n) is 6.05. The Hall–Kier alpha value is -3.02. The monoisotopic (exact) mass is 366 g/mol. The molecule has 142 valence electrons. The first-order valence-electron chi connectivity index (χ1n) is 8.94. The molecular formula is C21H26N4O2. The van der Waals surface area contributed by atoms with Gasteiger partial charge in [-0.3, -0.25) is 9.97 Å². The first kappa shape index (κ1) is 20.3. The van der Waals surface area contributed by atoms with Crippen LogP contribution in [0, 0.1) is 6.92 Å². The van der Waals surface area contributed by atoms with Crippen molar-refractivity contribution in [3.8, 4) is 0 Å². The van der Waals surface area contributed by atoms with E-state index in [4.69, 9.17) is 9.68 Å². The summed E-state index contributed by atoms with van der Waals surface area (Å²) in [7, 11) is 0. The maximum Gasteiger partial charge on any atom is 0.135 e. The van der Waals surface area contributed by atoms with Gasteiger partial charge in [-0.2, -0.15) is 0 Å². The molecule has 0 aliphatic rings. The van der Waals surface area contributed by atoms with Crippen molar-refractivity contribution < 1.29 is 9.68 Å². The summed E-state index contributed by atoms with van der Waals surface area (Å²) in [6, 6.07) is 11.7. The summed E-state index contributed by atoms with van der Waals surface area (Å²) in [5, 5.41) is 8.17. The molecule has 0 radical (unpaired) electrons. The van der Waals surface area contributed by atoms with Crippen LogP contribution in [0.3, 0.4) is 0 Å². The zero-order valence-corrected chi connectivity index (χ0v) is 16.2. The molecule has 2 heterocycles. The molecular weight excluding hydrogens is 340 g/mol. The molecule has 0 aliphatic heterocycles. The molecule has 2 aromatic heterocycles. The molecule has 0 saturated heterocycles. The molecule has 0 N–H and O–H groups in total. The summed E-state index contributed by atoms with van der Waals surface area (Å²) in [5.74, 6) is 0. The van der Waals surface area contributed by atoms with Crippen LogP contribution in [0.25, 0.3) is 0 Å². The van der Waals surface area contributed by atoms with Gasteiger partial charge in [-0.15, -0.1) is 0 Å². The molecule has 0 aliphatic carbocycles. The predicted octanol–water partition coefficient (Wildman–Crippen LogP) is 4.09. The van der Waals surface area contributed by atoms with Crippen LogP contribution in [-0.2, 0) is 16.1 Å². The lowest BCUT2D eigenvalue weighted by atomic mass is 10.2. The lowest BCUT2D eigenvalue weighted by Gasteiger charge is -2.05. The molecule has 2 aromatic rings. The van der Waals surface area contributed by atoms with E-state index in [1.807, 2.05) is 57.2 Å². The van der Waals surface area contributed by atoms with Gasteiger partial charge in [-0.25, -0.2) is 0 Å².